The SMILES string of the molecule is Fc1ccc(F)c(Nc2cc(NC3CC3)ncn2)c1. The molecule has 3 rings (SSSR count). The van der Waals surface area contributed by atoms with Gasteiger partial charge in [0.05, 0.1) is 5.69 Å². The summed E-state index contributed by atoms with van der Waals surface area (Å²) in [4.78, 5) is 8.05. The molecule has 1 saturated carbocycles. The van der Waals surface area contributed by atoms with Gasteiger partial charge >= 0.3 is 0 Å². The fourth-order valence-electron chi connectivity index (χ4n) is 1.67. The summed E-state index contributed by atoms with van der Waals surface area (Å²) < 4.78 is 26.5. The van der Waals surface area contributed by atoms with Crippen molar-refractivity contribution in [1.82, 2.24) is 9.97 Å². The third-order valence-corrected chi connectivity index (χ3v) is 2.79. The molecule has 1 aromatic heterocycles. The van der Waals surface area contributed by atoms with E-state index in [2.05, 4.69) is 20.6 Å². The van der Waals surface area contributed by atoms with Gasteiger partial charge < -0.3 is 10.6 Å². The summed E-state index contributed by atoms with van der Waals surface area (Å²) in [5.74, 6) is 0.0606. The Labute approximate surface area is 108 Å². The number of rotatable bonds is 4. The summed E-state index contributed by atoms with van der Waals surface area (Å²) in [6.07, 6.45) is 3.64. The van der Waals surface area contributed by atoms with Gasteiger partial charge in [-0.3, -0.25) is 0 Å². The standard InChI is InChI=1S/C13H12F2N4/c14-8-1-4-10(15)11(5-8)19-13-6-12(16-7-17-13)18-9-2-3-9/h1,4-7,9H,2-3H2,(H2,16,17,18,19). The first kappa shape index (κ1) is 11.8. The van der Waals surface area contributed by atoms with Crippen molar-refractivity contribution in [3.05, 3.63) is 42.2 Å². The van der Waals surface area contributed by atoms with Crippen molar-refractivity contribution in [2.75, 3.05) is 10.6 Å². The van der Waals surface area contributed by atoms with Crippen molar-refractivity contribution in [3.63, 3.8) is 0 Å². The number of anilines is 3. The Balaban J connectivity index is 1.79. The van der Waals surface area contributed by atoms with Crippen LogP contribution in [-0.2, 0) is 0 Å². The molecule has 98 valence electrons. The zero-order chi connectivity index (χ0) is 13.2. The molecule has 0 radical (unpaired) electrons. The molecule has 4 nitrogen and oxygen atoms in total. The lowest BCUT2D eigenvalue weighted by molar-refractivity contribution is 0.603. The minimum Gasteiger partial charge on any atom is -0.367 e. The van der Waals surface area contributed by atoms with Crippen LogP contribution < -0.4 is 10.6 Å². The quantitative estimate of drug-likeness (QED) is 0.889. The van der Waals surface area contributed by atoms with E-state index < -0.39 is 11.6 Å². The van der Waals surface area contributed by atoms with Gasteiger partial charge in [0.25, 0.3) is 0 Å². The number of benzene rings is 1. The monoisotopic (exact) mass is 262 g/mol. The van der Waals surface area contributed by atoms with Crippen LogP contribution in [0.2, 0.25) is 0 Å². The number of hydrogen-bond donors (Lipinski definition) is 2. The van der Waals surface area contributed by atoms with Crippen LogP contribution in [0, 0.1) is 11.6 Å². The zero-order valence-corrected chi connectivity index (χ0v) is 10.0. The Kier molecular flexibility index (Phi) is 2.98. The van der Waals surface area contributed by atoms with Gasteiger partial charge in [0.1, 0.15) is 29.6 Å². The molecule has 2 aromatic rings. The molecule has 19 heavy (non-hydrogen) atoms. The molecule has 0 bridgehead atoms. The van der Waals surface area contributed by atoms with Gasteiger partial charge in [-0.15, -0.1) is 0 Å². The zero-order valence-electron chi connectivity index (χ0n) is 10.0. The second-order valence-electron chi connectivity index (χ2n) is 4.46. The van der Waals surface area contributed by atoms with E-state index in [4.69, 9.17) is 0 Å². The van der Waals surface area contributed by atoms with E-state index in [9.17, 15) is 8.78 Å². The Bertz CT molecular complexity index is 599. The summed E-state index contributed by atoms with van der Waals surface area (Å²) in [5.41, 5.74) is 0.0519. The molecule has 1 heterocycles. The van der Waals surface area contributed by atoms with E-state index in [0.29, 0.717) is 17.7 Å². The van der Waals surface area contributed by atoms with Crippen LogP contribution in [0.3, 0.4) is 0 Å². The van der Waals surface area contributed by atoms with Crippen LogP contribution in [0.25, 0.3) is 0 Å². The molecule has 0 unspecified atom stereocenters. The first-order valence-electron chi connectivity index (χ1n) is 6.01. The Morgan fingerprint density at radius 2 is 1.84 bits per heavy atom. The molecule has 6 heteroatoms. The van der Waals surface area contributed by atoms with Crippen molar-refractivity contribution >= 4 is 17.3 Å². The smallest absolute Gasteiger partial charge is 0.146 e. The first-order chi connectivity index (χ1) is 9.20. The predicted molar refractivity (Wildman–Crippen MR) is 68.3 cm³/mol. The molecule has 1 aliphatic carbocycles. The number of hydrogen-bond acceptors (Lipinski definition) is 4. The highest BCUT2D eigenvalue weighted by Gasteiger charge is 2.21. The molecule has 0 atom stereocenters. The first-order valence-corrected chi connectivity index (χ1v) is 6.01. The van der Waals surface area contributed by atoms with Crippen LogP contribution in [0.5, 0.6) is 0 Å². The minimum absolute atomic E-state index is 0.0519. The van der Waals surface area contributed by atoms with Crippen molar-refractivity contribution in [3.8, 4) is 0 Å². The number of nitrogens with one attached hydrogen (secondary N) is 2. The Hall–Kier alpha value is -2.24. The molecule has 0 aliphatic heterocycles. The molecule has 1 aromatic carbocycles. The van der Waals surface area contributed by atoms with Gasteiger partial charge in [0, 0.05) is 18.2 Å². The van der Waals surface area contributed by atoms with E-state index in [-0.39, 0.29) is 5.69 Å². The highest BCUT2D eigenvalue weighted by molar-refractivity contribution is 5.59. The van der Waals surface area contributed by atoms with Crippen LogP contribution in [0.15, 0.2) is 30.6 Å². The van der Waals surface area contributed by atoms with Crippen molar-refractivity contribution in [2.45, 2.75) is 18.9 Å². The summed E-state index contributed by atoms with van der Waals surface area (Å²) in [6.45, 7) is 0. The normalized spacial score (nSPS) is 14.2. The van der Waals surface area contributed by atoms with Gasteiger partial charge in [-0.2, -0.15) is 0 Å². The minimum atomic E-state index is -0.531. The maximum absolute atomic E-state index is 13.5. The van der Waals surface area contributed by atoms with Gasteiger partial charge in [-0.25, -0.2) is 18.7 Å². The van der Waals surface area contributed by atoms with Crippen molar-refractivity contribution in [2.24, 2.45) is 0 Å². The Morgan fingerprint density at radius 1 is 1.05 bits per heavy atom. The van der Waals surface area contributed by atoms with E-state index in [1.54, 1.807) is 6.07 Å². The topological polar surface area (TPSA) is 49.8 Å². The summed E-state index contributed by atoms with van der Waals surface area (Å²) in [7, 11) is 0. The summed E-state index contributed by atoms with van der Waals surface area (Å²) >= 11 is 0. The maximum Gasteiger partial charge on any atom is 0.146 e. The number of aromatic nitrogens is 2. The molecule has 1 fully saturated rings. The lowest BCUT2D eigenvalue weighted by atomic mass is 10.3. The van der Waals surface area contributed by atoms with Gasteiger partial charge in [0.2, 0.25) is 0 Å². The fourth-order valence-corrected chi connectivity index (χ4v) is 1.67. The summed E-state index contributed by atoms with van der Waals surface area (Å²) in [6, 6.07) is 5.37. The molecule has 1 aliphatic rings. The third-order valence-electron chi connectivity index (χ3n) is 2.79. The van der Waals surface area contributed by atoms with E-state index in [1.807, 2.05) is 0 Å². The molecule has 0 saturated heterocycles. The second kappa shape index (κ2) is 4.79. The van der Waals surface area contributed by atoms with Gasteiger partial charge in [-0.1, -0.05) is 0 Å². The molecule has 2 N–H and O–H groups in total. The number of nitrogens with zero attached hydrogens (tertiary/aromatic N) is 2. The average Bonchev–Trinajstić information content (AvgIpc) is 3.18. The Morgan fingerprint density at radius 3 is 2.63 bits per heavy atom. The highest BCUT2D eigenvalue weighted by atomic mass is 19.1. The van der Waals surface area contributed by atoms with E-state index >= 15 is 0 Å². The van der Waals surface area contributed by atoms with Crippen molar-refractivity contribution < 1.29 is 8.78 Å². The van der Waals surface area contributed by atoms with Crippen molar-refractivity contribution in [1.29, 1.82) is 0 Å². The molecular weight excluding hydrogens is 250 g/mol. The molecular formula is C13H12F2N4. The van der Waals surface area contributed by atoms with E-state index in [0.717, 1.165) is 31.0 Å². The second-order valence-corrected chi connectivity index (χ2v) is 4.46. The van der Waals surface area contributed by atoms with Crippen LogP contribution in [-0.4, -0.2) is 16.0 Å². The molecule has 0 amide bonds. The summed E-state index contributed by atoms with van der Waals surface area (Å²) in [5, 5.41) is 5.95. The van der Waals surface area contributed by atoms with Crippen LogP contribution >= 0.6 is 0 Å². The van der Waals surface area contributed by atoms with Gasteiger partial charge in [-0.05, 0) is 25.0 Å². The lowest BCUT2D eigenvalue weighted by Crippen LogP contribution is -2.04. The molecule has 0 spiro atoms. The number of halogens is 2. The average molecular weight is 262 g/mol. The third kappa shape index (κ3) is 2.96. The lowest BCUT2D eigenvalue weighted by Gasteiger charge is -2.08. The van der Waals surface area contributed by atoms with E-state index in [1.165, 1.54) is 6.33 Å². The predicted octanol–water partition coefficient (Wildman–Crippen LogP) is 3.07. The van der Waals surface area contributed by atoms with Crippen LogP contribution in [0.4, 0.5) is 26.1 Å². The van der Waals surface area contributed by atoms with Gasteiger partial charge in [0.15, 0.2) is 0 Å². The maximum atomic E-state index is 13.5. The fraction of sp³-hybridized carbons (Fsp3) is 0.231. The highest BCUT2D eigenvalue weighted by Crippen LogP contribution is 2.25. The van der Waals surface area contributed by atoms with Crippen LogP contribution in [0.1, 0.15) is 12.8 Å². The largest absolute Gasteiger partial charge is 0.367 e.